The zero-order valence-corrected chi connectivity index (χ0v) is 16.4. The van der Waals surface area contributed by atoms with Crippen molar-refractivity contribution in [3.8, 4) is 0 Å². The molecule has 0 aliphatic carbocycles. The van der Waals surface area contributed by atoms with Gasteiger partial charge in [-0.2, -0.15) is 0 Å². The monoisotopic (exact) mass is 369 g/mol. The molecular weight excluding hydrogens is 342 g/mol. The Morgan fingerprint density at radius 1 is 1.38 bits per heavy atom. The standard InChI is InChI=1S/C18H28ClN3OS/c1-14(2)21-10-8-15(9-11-21)22(12-13-23-3)18(24)20-17-7-5-4-6-16(17)19/h4-7,14-15H,8-13H2,1-3H3,(H,20,24). The number of ether oxygens (including phenoxy) is 1. The van der Waals surface area contributed by atoms with Crippen LogP contribution >= 0.6 is 23.8 Å². The molecule has 0 aromatic heterocycles. The van der Waals surface area contributed by atoms with E-state index in [0.717, 1.165) is 43.3 Å². The van der Waals surface area contributed by atoms with E-state index in [4.69, 9.17) is 28.6 Å². The van der Waals surface area contributed by atoms with Crippen molar-refractivity contribution < 1.29 is 4.74 Å². The summed E-state index contributed by atoms with van der Waals surface area (Å²) in [6, 6.07) is 8.74. The van der Waals surface area contributed by atoms with Gasteiger partial charge in [0, 0.05) is 38.8 Å². The van der Waals surface area contributed by atoms with Crippen LogP contribution in [0.3, 0.4) is 0 Å². The SMILES string of the molecule is COCCN(C(=S)Nc1ccccc1Cl)C1CCN(C(C)C)CC1. The molecule has 0 amide bonds. The van der Waals surface area contributed by atoms with Crippen LogP contribution in [0.4, 0.5) is 5.69 Å². The summed E-state index contributed by atoms with van der Waals surface area (Å²) in [4.78, 5) is 4.79. The van der Waals surface area contributed by atoms with Crippen LogP contribution in [0.5, 0.6) is 0 Å². The van der Waals surface area contributed by atoms with Crippen LogP contribution < -0.4 is 5.32 Å². The number of hydrogen-bond acceptors (Lipinski definition) is 3. The molecule has 1 aromatic carbocycles. The summed E-state index contributed by atoms with van der Waals surface area (Å²) < 4.78 is 5.28. The lowest BCUT2D eigenvalue weighted by atomic mass is 10.0. The Kier molecular flexibility index (Phi) is 7.75. The summed E-state index contributed by atoms with van der Waals surface area (Å²) in [5, 5.41) is 4.71. The van der Waals surface area contributed by atoms with Crippen molar-refractivity contribution in [2.75, 3.05) is 38.7 Å². The van der Waals surface area contributed by atoms with Crippen LogP contribution in [-0.2, 0) is 4.74 Å². The van der Waals surface area contributed by atoms with Gasteiger partial charge in [0.2, 0.25) is 0 Å². The Morgan fingerprint density at radius 3 is 2.62 bits per heavy atom. The Morgan fingerprint density at radius 2 is 2.04 bits per heavy atom. The van der Waals surface area contributed by atoms with E-state index in [9.17, 15) is 0 Å². The Bertz CT molecular complexity index is 533. The van der Waals surface area contributed by atoms with Crippen molar-refractivity contribution in [2.24, 2.45) is 0 Å². The topological polar surface area (TPSA) is 27.7 Å². The largest absolute Gasteiger partial charge is 0.383 e. The second-order valence-corrected chi connectivity index (χ2v) is 7.25. The molecule has 0 saturated carbocycles. The van der Waals surface area contributed by atoms with Crippen molar-refractivity contribution >= 4 is 34.6 Å². The van der Waals surface area contributed by atoms with Gasteiger partial charge in [0.25, 0.3) is 0 Å². The highest BCUT2D eigenvalue weighted by molar-refractivity contribution is 7.80. The fourth-order valence-electron chi connectivity index (χ4n) is 3.10. The maximum absolute atomic E-state index is 6.25. The van der Waals surface area contributed by atoms with Gasteiger partial charge in [-0.15, -0.1) is 0 Å². The van der Waals surface area contributed by atoms with E-state index in [-0.39, 0.29) is 0 Å². The first-order valence-electron chi connectivity index (χ1n) is 8.58. The van der Waals surface area contributed by atoms with Crippen LogP contribution in [0, 0.1) is 0 Å². The van der Waals surface area contributed by atoms with Gasteiger partial charge in [-0.1, -0.05) is 23.7 Å². The van der Waals surface area contributed by atoms with E-state index in [2.05, 4.69) is 29.0 Å². The molecule has 0 spiro atoms. The minimum atomic E-state index is 0.442. The molecule has 1 fully saturated rings. The molecular formula is C18H28ClN3OS. The number of halogens is 1. The number of hydrogen-bond donors (Lipinski definition) is 1. The molecule has 6 heteroatoms. The highest BCUT2D eigenvalue weighted by Crippen LogP contribution is 2.23. The number of anilines is 1. The fourth-order valence-corrected chi connectivity index (χ4v) is 3.64. The third-order valence-electron chi connectivity index (χ3n) is 4.58. The lowest BCUT2D eigenvalue weighted by Gasteiger charge is -2.41. The first-order valence-corrected chi connectivity index (χ1v) is 9.36. The second kappa shape index (κ2) is 9.56. The number of rotatable bonds is 6. The lowest BCUT2D eigenvalue weighted by molar-refractivity contribution is 0.108. The van der Waals surface area contributed by atoms with Crippen molar-refractivity contribution in [2.45, 2.75) is 38.8 Å². The molecule has 134 valence electrons. The Labute approximate surface area is 156 Å². The average Bonchev–Trinajstić information content (AvgIpc) is 2.58. The van der Waals surface area contributed by atoms with Crippen LogP contribution in [0.25, 0.3) is 0 Å². The molecule has 1 heterocycles. The van der Waals surface area contributed by atoms with Crippen molar-refractivity contribution in [3.05, 3.63) is 29.3 Å². The number of benzene rings is 1. The molecule has 1 saturated heterocycles. The van der Waals surface area contributed by atoms with Crippen molar-refractivity contribution in [1.82, 2.24) is 9.80 Å². The van der Waals surface area contributed by atoms with E-state index in [0.29, 0.717) is 23.7 Å². The number of nitrogens with zero attached hydrogens (tertiary/aromatic N) is 2. The maximum atomic E-state index is 6.25. The smallest absolute Gasteiger partial charge is 0.173 e. The van der Waals surface area contributed by atoms with Gasteiger partial charge < -0.3 is 19.9 Å². The van der Waals surface area contributed by atoms with E-state index < -0.39 is 0 Å². The molecule has 2 rings (SSSR count). The zero-order chi connectivity index (χ0) is 17.5. The summed E-state index contributed by atoms with van der Waals surface area (Å²) in [7, 11) is 1.73. The minimum Gasteiger partial charge on any atom is -0.383 e. The molecule has 0 radical (unpaired) electrons. The Balaban J connectivity index is 2.02. The number of likely N-dealkylation sites (tertiary alicyclic amines) is 1. The highest BCUT2D eigenvalue weighted by atomic mass is 35.5. The number of thiocarbonyl (C=S) groups is 1. The maximum Gasteiger partial charge on any atom is 0.173 e. The zero-order valence-electron chi connectivity index (χ0n) is 14.8. The normalized spacial score (nSPS) is 16.4. The first kappa shape index (κ1) is 19.4. The van der Waals surface area contributed by atoms with Gasteiger partial charge in [0.05, 0.1) is 17.3 Å². The fraction of sp³-hybridized carbons (Fsp3) is 0.611. The average molecular weight is 370 g/mol. The van der Waals surface area contributed by atoms with Crippen molar-refractivity contribution in [1.29, 1.82) is 0 Å². The van der Waals surface area contributed by atoms with Crippen molar-refractivity contribution in [3.63, 3.8) is 0 Å². The van der Waals surface area contributed by atoms with Crippen LogP contribution in [0.2, 0.25) is 5.02 Å². The van der Waals surface area contributed by atoms with Gasteiger partial charge >= 0.3 is 0 Å². The number of nitrogens with one attached hydrogen (secondary N) is 1. The molecule has 24 heavy (non-hydrogen) atoms. The number of methoxy groups -OCH3 is 1. The Hall–Kier alpha value is -0.880. The molecule has 0 atom stereocenters. The van der Waals surface area contributed by atoms with E-state index in [1.54, 1.807) is 7.11 Å². The summed E-state index contributed by atoms with van der Waals surface area (Å²) in [5.41, 5.74) is 0.853. The highest BCUT2D eigenvalue weighted by Gasteiger charge is 2.27. The molecule has 4 nitrogen and oxygen atoms in total. The first-order chi connectivity index (χ1) is 11.5. The summed E-state index contributed by atoms with van der Waals surface area (Å²) in [6.07, 6.45) is 2.23. The molecule has 1 aromatic rings. The van der Waals surface area contributed by atoms with E-state index >= 15 is 0 Å². The second-order valence-electron chi connectivity index (χ2n) is 6.46. The van der Waals surface area contributed by atoms with Crippen LogP contribution in [0.1, 0.15) is 26.7 Å². The summed E-state index contributed by atoms with van der Waals surface area (Å²) >= 11 is 11.9. The molecule has 1 aliphatic rings. The molecule has 0 unspecified atom stereocenters. The molecule has 1 N–H and O–H groups in total. The predicted octanol–water partition coefficient (Wildman–Crippen LogP) is 3.86. The quantitative estimate of drug-likeness (QED) is 0.768. The van der Waals surface area contributed by atoms with Crippen LogP contribution in [0.15, 0.2) is 24.3 Å². The van der Waals surface area contributed by atoms with Gasteiger partial charge in [-0.05, 0) is 51.0 Å². The third kappa shape index (κ3) is 5.31. The predicted molar refractivity (Wildman–Crippen MR) is 106 cm³/mol. The number of para-hydroxylation sites is 1. The minimum absolute atomic E-state index is 0.442. The summed E-state index contributed by atoms with van der Waals surface area (Å²) in [5.74, 6) is 0. The van der Waals surface area contributed by atoms with Gasteiger partial charge in [0.15, 0.2) is 5.11 Å². The van der Waals surface area contributed by atoms with Crippen LogP contribution in [-0.4, -0.2) is 60.3 Å². The third-order valence-corrected chi connectivity index (χ3v) is 5.25. The van der Waals surface area contributed by atoms with Gasteiger partial charge in [0.1, 0.15) is 0 Å². The molecule has 0 bridgehead atoms. The number of piperidine rings is 1. The summed E-state index contributed by atoms with van der Waals surface area (Å²) in [6.45, 7) is 8.19. The molecule has 1 aliphatic heterocycles. The van der Waals surface area contributed by atoms with Gasteiger partial charge in [-0.25, -0.2) is 0 Å². The van der Waals surface area contributed by atoms with Gasteiger partial charge in [-0.3, -0.25) is 0 Å². The lowest BCUT2D eigenvalue weighted by Crippen LogP contribution is -2.50. The van der Waals surface area contributed by atoms with E-state index in [1.807, 2.05) is 24.3 Å². The van der Waals surface area contributed by atoms with E-state index in [1.165, 1.54) is 0 Å².